The average Bonchev–Trinajstić information content (AvgIpc) is 3.47. The van der Waals surface area contributed by atoms with Crippen LogP contribution in [0, 0.1) is 12.8 Å². The van der Waals surface area contributed by atoms with E-state index in [0.29, 0.717) is 6.42 Å². The molecule has 1 aliphatic carbocycles. The van der Waals surface area contributed by atoms with E-state index in [4.69, 9.17) is 4.74 Å². The molecular weight excluding hydrogens is 418 g/mol. The van der Waals surface area contributed by atoms with E-state index in [2.05, 4.69) is 10.6 Å². The number of rotatable bonds is 9. The number of carbonyl (C=O) groups is 3. The highest BCUT2D eigenvalue weighted by molar-refractivity contribution is 5.92. The van der Waals surface area contributed by atoms with Crippen LogP contribution < -0.4 is 10.6 Å². The smallest absolute Gasteiger partial charge is 0.408 e. The monoisotopic (exact) mass is 459 g/mol. The Hall–Kier alpha value is -2.57. The quantitative estimate of drug-likeness (QED) is 0.569. The van der Waals surface area contributed by atoms with E-state index in [1.807, 2.05) is 58.9 Å². The van der Waals surface area contributed by atoms with Crippen molar-refractivity contribution in [1.82, 2.24) is 15.5 Å². The lowest BCUT2D eigenvalue weighted by molar-refractivity contribution is -0.143. The van der Waals surface area contributed by atoms with Crippen molar-refractivity contribution in [3.63, 3.8) is 0 Å². The summed E-state index contributed by atoms with van der Waals surface area (Å²) in [6, 6.07) is 6.08. The maximum Gasteiger partial charge on any atom is 0.408 e. The Labute approximate surface area is 198 Å². The van der Waals surface area contributed by atoms with E-state index >= 15 is 0 Å². The molecule has 1 aliphatic rings. The van der Waals surface area contributed by atoms with Gasteiger partial charge >= 0.3 is 6.09 Å². The molecule has 2 unspecified atom stereocenters. The minimum atomic E-state index is -0.778. The van der Waals surface area contributed by atoms with Crippen LogP contribution in [0.4, 0.5) is 4.79 Å². The molecule has 1 aromatic carbocycles. The third-order valence-electron chi connectivity index (χ3n) is 5.21. The van der Waals surface area contributed by atoms with Crippen LogP contribution in [-0.4, -0.2) is 46.5 Å². The molecule has 7 heteroatoms. The van der Waals surface area contributed by atoms with Crippen molar-refractivity contribution in [2.45, 2.75) is 104 Å². The van der Waals surface area contributed by atoms with Gasteiger partial charge in [0.25, 0.3) is 0 Å². The summed E-state index contributed by atoms with van der Waals surface area (Å²) in [5, 5.41) is 5.77. The lowest BCUT2D eigenvalue weighted by Gasteiger charge is -2.35. The first kappa shape index (κ1) is 26.7. The fraction of sp³-hybridized carbons (Fsp3) is 0.654. The Kier molecular flexibility index (Phi) is 8.92. The highest BCUT2D eigenvalue weighted by Crippen LogP contribution is 2.36. The molecule has 1 saturated carbocycles. The van der Waals surface area contributed by atoms with Crippen molar-refractivity contribution in [2.24, 2.45) is 5.92 Å². The first-order valence-electron chi connectivity index (χ1n) is 12.0. The molecule has 0 aliphatic heterocycles. The molecule has 0 bridgehead atoms. The van der Waals surface area contributed by atoms with Gasteiger partial charge < -0.3 is 20.3 Å². The van der Waals surface area contributed by atoms with Crippen molar-refractivity contribution < 1.29 is 19.1 Å². The number of nitrogens with zero attached hydrogens (tertiary/aromatic N) is 1. The number of ether oxygens (including phenoxy) is 1. The topological polar surface area (TPSA) is 87.7 Å². The first-order chi connectivity index (χ1) is 15.3. The summed E-state index contributed by atoms with van der Waals surface area (Å²) >= 11 is 0. The number of alkyl carbamates (subject to hydrolysis) is 1. The molecule has 0 spiro atoms. The normalized spacial score (nSPS) is 15.7. The third-order valence-corrected chi connectivity index (χ3v) is 5.21. The third kappa shape index (κ3) is 8.37. The van der Waals surface area contributed by atoms with Crippen LogP contribution in [0.5, 0.6) is 0 Å². The second-order valence-electron chi connectivity index (χ2n) is 10.8. The summed E-state index contributed by atoms with van der Waals surface area (Å²) in [6.45, 7) is 15.1. The van der Waals surface area contributed by atoms with Crippen LogP contribution in [0.15, 0.2) is 24.3 Å². The molecule has 3 amide bonds. The van der Waals surface area contributed by atoms with Gasteiger partial charge in [0.1, 0.15) is 17.7 Å². The number of aryl methyl sites for hydroxylation is 1. The van der Waals surface area contributed by atoms with Gasteiger partial charge in [0.05, 0.1) is 0 Å². The predicted octanol–water partition coefficient (Wildman–Crippen LogP) is 4.49. The molecule has 0 radical (unpaired) electrons. The van der Waals surface area contributed by atoms with E-state index in [0.717, 1.165) is 24.0 Å². The number of hydrogen-bond donors (Lipinski definition) is 2. The molecule has 0 saturated heterocycles. The van der Waals surface area contributed by atoms with Crippen molar-refractivity contribution >= 4 is 17.9 Å². The van der Waals surface area contributed by atoms with Crippen LogP contribution in [0.1, 0.15) is 84.9 Å². The fourth-order valence-corrected chi connectivity index (χ4v) is 3.84. The van der Waals surface area contributed by atoms with Gasteiger partial charge in [-0.25, -0.2) is 4.79 Å². The van der Waals surface area contributed by atoms with E-state index in [1.54, 1.807) is 25.7 Å². The lowest BCUT2D eigenvalue weighted by Crippen LogP contribution is -2.54. The zero-order valence-electron chi connectivity index (χ0n) is 21.4. The van der Waals surface area contributed by atoms with Gasteiger partial charge in [-0.2, -0.15) is 0 Å². The number of amides is 3. The summed E-state index contributed by atoms with van der Waals surface area (Å²) < 4.78 is 5.42. The van der Waals surface area contributed by atoms with Gasteiger partial charge in [-0.1, -0.05) is 43.7 Å². The molecule has 7 nitrogen and oxygen atoms in total. The molecule has 33 heavy (non-hydrogen) atoms. The number of benzene rings is 1. The summed E-state index contributed by atoms with van der Waals surface area (Å²) in [7, 11) is 0. The molecule has 1 fully saturated rings. The van der Waals surface area contributed by atoms with Gasteiger partial charge in [0.15, 0.2) is 0 Å². The van der Waals surface area contributed by atoms with Crippen LogP contribution in [0.3, 0.4) is 0 Å². The average molecular weight is 460 g/mol. The molecule has 0 heterocycles. The standard InChI is InChI=1S/C26H41N3O4/c1-16(2)14-21(28-25(32)33-26(6,7)8)24(31)29(20-12-13-20)22(23(30)27-17(3)4)19-11-9-10-18(5)15-19/h9-11,15-17,20-22H,12-14H2,1-8H3,(H,27,30)(H,28,32). The molecule has 184 valence electrons. The van der Waals surface area contributed by atoms with Crippen molar-refractivity contribution in [3.05, 3.63) is 35.4 Å². The van der Waals surface area contributed by atoms with Crippen LogP contribution >= 0.6 is 0 Å². The Morgan fingerprint density at radius 2 is 1.73 bits per heavy atom. The molecular formula is C26H41N3O4. The van der Waals surface area contributed by atoms with Crippen molar-refractivity contribution in [2.75, 3.05) is 0 Å². The number of nitrogens with one attached hydrogen (secondary N) is 2. The maximum absolute atomic E-state index is 13.9. The summed E-state index contributed by atoms with van der Waals surface area (Å²) in [6.07, 6.45) is 1.50. The van der Waals surface area contributed by atoms with Crippen molar-refractivity contribution in [1.29, 1.82) is 0 Å². The molecule has 2 rings (SSSR count). The number of hydrogen-bond acceptors (Lipinski definition) is 4. The van der Waals surface area contributed by atoms with Gasteiger partial charge in [0.2, 0.25) is 11.8 Å². The van der Waals surface area contributed by atoms with E-state index in [9.17, 15) is 14.4 Å². The Bertz CT molecular complexity index is 840. The van der Waals surface area contributed by atoms with E-state index in [-0.39, 0.29) is 29.8 Å². The maximum atomic E-state index is 13.9. The second kappa shape index (κ2) is 11.0. The number of carbonyl (C=O) groups excluding carboxylic acids is 3. The summed E-state index contributed by atoms with van der Waals surface area (Å²) in [5.74, 6) is -0.296. The van der Waals surface area contributed by atoms with E-state index in [1.165, 1.54) is 0 Å². The van der Waals surface area contributed by atoms with Crippen molar-refractivity contribution in [3.8, 4) is 0 Å². The largest absolute Gasteiger partial charge is 0.444 e. The Balaban J connectivity index is 2.43. The predicted molar refractivity (Wildman–Crippen MR) is 130 cm³/mol. The Morgan fingerprint density at radius 3 is 2.21 bits per heavy atom. The summed E-state index contributed by atoms with van der Waals surface area (Å²) in [4.78, 5) is 41.5. The molecule has 2 N–H and O–H groups in total. The Morgan fingerprint density at radius 1 is 1.09 bits per heavy atom. The minimum Gasteiger partial charge on any atom is -0.444 e. The fourth-order valence-electron chi connectivity index (χ4n) is 3.84. The van der Waals surface area contributed by atoms with Crippen LogP contribution in [0.25, 0.3) is 0 Å². The van der Waals surface area contributed by atoms with E-state index < -0.39 is 23.8 Å². The highest BCUT2D eigenvalue weighted by Gasteiger charge is 2.44. The van der Waals surface area contributed by atoms with Gasteiger partial charge in [0, 0.05) is 12.1 Å². The SMILES string of the molecule is Cc1cccc(C(C(=O)NC(C)C)N(C(=O)C(CC(C)C)NC(=O)OC(C)(C)C)C2CC2)c1. The van der Waals surface area contributed by atoms with Gasteiger partial charge in [-0.05, 0) is 72.3 Å². The first-order valence-corrected chi connectivity index (χ1v) is 12.0. The lowest BCUT2D eigenvalue weighted by atomic mass is 9.98. The molecule has 1 aromatic rings. The second-order valence-corrected chi connectivity index (χ2v) is 10.8. The minimum absolute atomic E-state index is 0.0315. The van der Waals surface area contributed by atoms with Gasteiger partial charge in [-0.3, -0.25) is 9.59 Å². The van der Waals surface area contributed by atoms with Gasteiger partial charge in [-0.15, -0.1) is 0 Å². The van der Waals surface area contributed by atoms with Crippen LogP contribution in [0.2, 0.25) is 0 Å². The molecule has 0 aromatic heterocycles. The zero-order chi connectivity index (χ0) is 24.9. The summed E-state index contributed by atoms with van der Waals surface area (Å²) in [5.41, 5.74) is 1.12. The molecule has 2 atom stereocenters. The van der Waals surface area contributed by atoms with Crippen LogP contribution in [-0.2, 0) is 14.3 Å². The highest BCUT2D eigenvalue weighted by atomic mass is 16.6. The zero-order valence-corrected chi connectivity index (χ0v) is 21.4.